The summed E-state index contributed by atoms with van der Waals surface area (Å²) < 4.78 is 31.0. The molecule has 2 aliphatic heterocycles. The summed E-state index contributed by atoms with van der Waals surface area (Å²) in [5.41, 5.74) is -0.117. The van der Waals surface area contributed by atoms with Crippen LogP contribution in [0, 0.1) is 22.7 Å². The van der Waals surface area contributed by atoms with Crippen LogP contribution in [0.3, 0.4) is 0 Å². The molecule has 5 atom stereocenters. The van der Waals surface area contributed by atoms with Crippen molar-refractivity contribution in [1.29, 1.82) is 0 Å². The summed E-state index contributed by atoms with van der Waals surface area (Å²) in [6.45, 7) is 6.64. The number of ketones is 1. The molecule has 4 fully saturated rings. The Kier molecular flexibility index (Phi) is 6.50. The van der Waals surface area contributed by atoms with Gasteiger partial charge in [-0.2, -0.15) is 8.42 Å². The van der Waals surface area contributed by atoms with Gasteiger partial charge in [0.1, 0.15) is 5.78 Å². The quantitative estimate of drug-likeness (QED) is 0.492. The van der Waals surface area contributed by atoms with Crippen LogP contribution in [-0.4, -0.2) is 53.8 Å². The SMILES string of the molecule is CC1(C)[C@@H]2CC[C@]1(CS(=O)(=O)O)C(=O)C2.C[C@@H](c1ccccc1)N1C(=O)[C@H]2NCCC[C@H]2C1=O. The van der Waals surface area contributed by atoms with Gasteiger partial charge in [-0.1, -0.05) is 44.2 Å². The number of benzene rings is 1. The smallest absolute Gasteiger partial charge is 0.265 e. The largest absolute Gasteiger partial charge is 0.305 e. The minimum Gasteiger partial charge on any atom is -0.305 e. The van der Waals surface area contributed by atoms with Gasteiger partial charge in [0.15, 0.2) is 0 Å². The lowest BCUT2D eigenvalue weighted by Crippen LogP contribution is -2.44. The Labute approximate surface area is 201 Å². The number of carbonyl (C=O) groups is 3. The number of likely N-dealkylation sites (tertiary alicyclic amines) is 1. The van der Waals surface area contributed by atoms with E-state index in [1.54, 1.807) is 0 Å². The number of hydrogen-bond acceptors (Lipinski definition) is 6. The second-order valence-electron chi connectivity index (χ2n) is 10.7. The molecule has 9 heteroatoms. The highest BCUT2D eigenvalue weighted by Crippen LogP contribution is 2.64. The Balaban J connectivity index is 0.000000166. The van der Waals surface area contributed by atoms with Gasteiger partial charge in [0.25, 0.3) is 10.1 Å². The Hall–Kier alpha value is -2.10. The Bertz CT molecular complexity index is 1060. The first-order valence-electron chi connectivity index (χ1n) is 12.0. The van der Waals surface area contributed by atoms with E-state index < -0.39 is 21.3 Å². The standard InChI is InChI=1S/C15H18N2O2.C10H16O4S/c1-10(11-6-3-2-4-7-11)17-14(18)12-8-5-9-16-13(12)15(17)19;1-9(2)7-3-4-10(9,8(11)5-7)6-15(12,13)14/h2-4,6-7,10,12-13,16H,5,8-9H2,1H3;7H,3-6H2,1-2H3,(H,12,13,14)/t10-,12+,13-;7-,10+/m01/s1. The third-order valence-corrected chi connectivity index (χ3v) is 9.61. The van der Waals surface area contributed by atoms with Crippen molar-refractivity contribution in [2.24, 2.45) is 22.7 Å². The van der Waals surface area contributed by atoms with Crippen molar-refractivity contribution in [2.45, 2.75) is 65.0 Å². The zero-order valence-electron chi connectivity index (χ0n) is 20.0. The molecule has 0 radical (unpaired) electrons. The lowest BCUT2D eigenvalue weighted by molar-refractivity contribution is -0.142. The maximum absolute atomic E-state index is 12.4. The third kappa shape index (κ3) is 4.12. The van der Waals surface area contributed by atoms with Crippen molar-refractivity contribution in [3.63, 3.8) is 0 Å². The summed E-state index contributed by atoms with van der Waals surface area (Å²) in [5, 5.41) is 3.19. The van der Waals surface area contributed by atoms with Gasteiger partial charge in [-0.15, -0.1) is 0 Å². The summed E-state index contributed by atoms with van der Waals surface area (Å²) in [5.74, 6) is -0.340. The predicted octanol–water partition coefficient (Wildman–Crippen LogP) is 2.75. The van der Waals surface area contributed by atoms with Crippen LogP contribution in [0.15, 0.2) is 30.3 Å². The van der Waals surface area contributed by atoms with Crippen LogP contribution in [0.25, 0.3) is 0 Å². The molecule has 0 spiro atoms. The van der Waals surface area contributed by atoms with E-state index in [1.165, 1.54) is 4.90 Å². The molecule has 2 N–H and O–H groups in total. The van der Waals surface area contributed by atoms with Crippen LogP contribution >= 0.6 is 0 Å². The molecule has 34 heavy (non-hydrogen) atoms. The van der Waals surface area contributed by atoms with Crippen LogP contribution in [0.5, 0.6) is 0 Å². The summed E-state index contributed by atoms with van der Waals surface area (Å²) in [4.78, 5) is 38.2. The summed E-state index contributed by atoms with van der Waals surface area (Å²) >= 11 is 0. The monoisotopic (exact) mass is 490 g/mol. The van der Waals surface area contributed by atoms with E-state index in [2.05, 4.69) is 5.32 Å². The molecule has 1 aromatic carbocycles. The molecular weight excluding hydrogens is 456 g/mol. The van der Waals surface area contributed by atoms with E-state index >= 15 is 0 Å². The van der Waals surface area contributed by atoms with Crippen molar-refractivity contribution in [3.8, 4) is 0 Å². The van der Waals surface area contributed by atoms with Crippen LogP contribution in [0.1, 0.15) is 64.5 Å². The molecular formula is C25H34N2O6S. The molecule has 2 amide bonds. The number of amides is 2. The number of piperidine rings is 1. The minimum atomic E-state index is -4.08. The van der Waals surface area contributed by atoms with Crippen molar-refractivity contribution in [1.82, 2.24) is 10.2 Å². The first-order valence-corrected chi connectivity index (χ1v) is 13.6. The molecule has 5 rings (SSSR count). The zero-order chi connectivity index (χ0) is 24.9. The Morgan fingerprint density at radius 1 is 1.12 bits per heavy atom. The second-order valence-corrected chi connectivity index (χ2v) is 12.2. The number of nitrogens with one attached hydrogen (secondary N) is 1. The van der Waals surface area contributed by atoms with E-state index in [0.29, 0.717) is 12.8 Å². The van der Waals surface area contributed by atoms with Gasteiger partial charge in [-0.25, -0.2) is 0 Å². The third-order valence-electron chi connectivity index (χ3n) is 8.75. The molecule has 4 aliphatic rings. The van der Waals surface area contributed by atoms with Gasteiger partial charge in [0.2, 0.25) is 11.8 Å². The first kappa shape index (κ1) is 25.0. The van der Waals surface area contributed by atoms with E-state index in [9.17, 15) is 22.8 Å². The molecule has 2 saturated heterocycles. The van der Waals surface area contributed by atoms with Crippen molar-refractivity contribution in [3.05, 3.63) is 35.9 Å². The van der Waals surface area contributed by atoms with E-state index in [0.717, 1.165) is 31.4 Å². The molecule has 2 aliphatic carbocycles. The maximum atomic E-state index is 12.4. The number of fused-ring (bicyclic) bond motifs is 3. The van der Waals surface area contributed by atoms with E-state index in [1.807, 2.05) is 51.1 Å². The van der Waals surface area contributed by atoms with Gasteiger partial charge < -0.3 is 5.32 Å². The summed E-state index contributed by atoms with van der Waals surface area (Å²) in [6.07, 6.45) is 3.76. The van der Waals surface area contributed by atoms with Crippen molar-refractivity contribution < 1.29 is 27.4 Å². The van der Waals surface area contributed by atoms with Crippen molar-refractivity contribution >= 4 is 27.7 Å². The number of nitrogens with zero attached hydrogens (tertiary/aromatic N) is 1. The molecule has 2 bridgehead atoms. The number of hydrogen-bond donors (Lipinski definition) is 2. The number of carbonyl (C=O) groups excluding carboxylic acids is 3. The van der Waals surface area contributed by atoms with Crippen LogP contribution in [0.2, 0.25) is 0 Å². The highest BCUT2D eigenvalue weighted by atomic mass is 32.2. The van der Waals surface area contributed by atoms with Crippen LogP contribution < -0.4 is 5.32 Å². The number of imide groups is 1. The Morgan fingerprint density at radius 2 is 1.79 bits per heavy atom. The normalized spacial score (nSPS) is 32.9. The van der Waals surface area contributed by atoms with Gasteiger partial charge >= 0.3 is 0 Å². The first-order chi connectivity index (χ1) is 15.9. The van der Waals surface area contributed by atoms with Gasteiger partial charge in [-0.05, 0) is 56.0 Å². The fourth-order valence-electron chi connectivity index (χ4n) is 6.53. The van der Waals surface area contributed by atoms with Crippen LogP contribution in [0.4, 0.5) is 0 Å². The molecule has 0 aromatic heterocycles. The minimum absolute atomic E-state index is 0.0152. The van der Waals surface area contributed by atoms with E-state index in [4.69, 9.17) is 4.55 Å². The molecule has 2 saturated carbocycles. The number of rotatable bonds is 4. The molecule has 8 nitrogen and oxygen atoms in total. The molecule has 0 unspecified atom stereocenters. The van der Waals surface area contributed by atoms with Gasteiger partial charge in [0, 0.05) is 6.42 Å². The van der Waals surface area contributed by atoms with Crippen molar-refractivity contribution in [2.75, 3.05) is 12.3 Å². The van der Waals surface area contributed by atoms with E-state index in [-0.39, 0.29) is 46.9 Å². The zero-order valence-corrected chi connectivity index (χ0v) is 20.8. The highest BCUT2D eigenvalue weighted by Gasteiger charge is 2.65. The second kappa shape index (κ2) is 8.84. The lowest BCUT2D eigenvalue weighted by Gasteiger charge is -2.35. The average Bonchev–Trinajstić information content (AvgIpc) is 3.25. The molecule has 1 aromatic rings. The predicted molar refractivity (Wildman–Crippen MR) is 126 cm³/mol. The van der Waals surface area contributed by atoms with Gasteiger partial charge in [-0.3, -0.25) is 23.8 Å². The molecule has 2 heterocycles. The fourth-order valence-corrected chi connectivity index (χ4v) is 7.83. The highest BCUT2D eigenvalue weighted by molar-refractivity contribution is 7.85. The fraction of sp³-hybridized carbons (Fsp3) is 0.640. The maximum Gasteiger partial charge on any atom is 0.265 e. The average molecular weight is 491 g/mol. The summed E-state index contributed by atoms with van der Waals surface area (Å²) in [6, 6.07) is 9.23. The molecule has 186 valence electrons. The number of Topliss-reactive ketones (excluding diaryl/α,β-unsaturated/α-hetero) is 1. The van der Waals surface area contributed by atoms with Gasteiger partial charge in [0.05, 0.1) is 29.2 Å². The summed E-state index contributed by atoms with van der Waals surface area (Å²) in [7, 11) is -4.08. The van der Waals surface area contributed by atoms with Crippen LogP contribution in [-0.2, 0) is 24.5 Å². The lowest BCUT2D eigenvalue weighted by atomic mass is 9.70. The topological polar surface area (TPSA) is 121 Å². The Morgan fingerprint density at radius 3 is 2.32 bits per heavy atom.